The molecule has 0 amide bonds. The zero-order valence-corrected chi connectivity index (χ0v) is 35.4. The zero-order valence-electron chi connectivity index (χ0n) is 35.4. The highest BCUT2D eigenvalue weighted by Crippen LogP contribution is 2.16. The molecule has 0 aromatic rings. The molecule has 0 saturated carbocycles. The molecule has 0 fully saturated rings. The number of hydrogen-bond acceptors (Lipinski definition) is 8. The second-order valence-electron chi connectivity index (χ2n) is 16.4. The lowest BCUT2D eigenvalue weighted by atomic mass is 10.0. The Kier molecular flexibility index (Phi) is 36.0. The molecule has 0 aromatic heterocycles. The third kappa shape index (κ3) is 38.4. The van der Waals surface area contributed by atoms with Crippen LogP contribution in [-0.4, -0.2) is 82.3 Å². The second-order valence-corrected chi connectivity index (χ2v) is 16.4. The van der Waals surface area contributed by atoms with Gasteiger partial charge in [0.1, 0.15) is 13.2 Å². The first kappa shape index (κ1) is 51.3. The molecular weight excluding hydrogens is 670 g/mol. The van der Waals surface area contributed by atoms with Crippen LogP contribution in [0.4, 0.5) is 0 Å². The average Bonchev–Trinajstić information content (AvgIpc) is 3.11. The summed E-state index contributed by atoms with van der Waals surface area (Å²) < 4.78 is 22.5. The van der Waals surface area contributed by atoms with Crippen LogP contribution in [0.2, 0.25) is 0 Å². The van der Waals surface area contributed by atoms with Crippen molar-refractivity contribution >= 4 is 17.9 Å². The molecule has 0 heterocycles. The molecule has 2 atom stereocenters. The Morgan fingerprint density at radius 1 is 0.491 bits per heavy atom. The maximum Gasteiger partial charge on any atom is 0.306 e. The van der Waals surface area contributed by atoms with Crippen molar-refractivity contribution in [2.24, 2.45) is 0 Å². The Balaban J connectivity index is 4.41. The van der Waals surface area contributed by atoms with Crippen molar-refractivity contribution in [2.45, 2.75) is 219 Å². The topological polar surface area (TPSA) is 111 Å². The number of carboxylic acid groups (broad SMARTS) is 1. The number of carboxylic acids is 1. The number of hydrogen-bond donors (Lipinski definition) is 0. The number of esters is 2. The fourth-order valence-corrected chi connectivity index (χ4v) is 6.36. The Labute approximate surface area is 326 Å². The van der Waals surface area contributed by atoms with Gasteiger partial charge in [0.15, 0.2) is 12.4 Å². The summed E-state index contributed by atoms with van der Waals surface area (Å²) in [5.41, 5.74) is 0. The van der Waals surface area contributed by atoms with Crippen LogP contribution in [0.15, 0.2) is 0 Å². The van der Waals surface area contributed by atoms with Gasteiger partial charge in [0, 0.05) is 12.8 Å². The number of unbranched alkanes of at least 4 members (excludes halogenated alkanes) is 26. The van der Waals surface area contributed by atoms with E-state index in [1.165, 1.54) is 141 Å². The van der Waals surface area contributed by atoms with Crippen molar-refractivity contribution in [3.8, 4) is 0 Å². The summed E-state index contributed by atoms with van der Waals surface area (Å²) in [7, 11) is 5.91. The van der Waals surface area contributed by atoms with Crippen molar-refractivity contribution in [1.29, 1.82) is 0 Å². The van der Waals surface area contributed by atoms with Gasteiger partial charge in [-0.1, -0.05) is 181 Å². The van der Waals surface area contributed by atoms with Crippen molar-refractivity contribution in [3.05, 3.63) is 0 Å². The lowest BCUT2D eigenvalue weighted by Crippen LogP contribution is -2.44. The van der Waals surface area contributed by atoms with E-state index in [0.29, 0.717) is 17.4 Å². The SMILES string of the molecule is CCCCCCCCCCCCCCCCCC(=O)OC(COC(=O)CCCCCCCCCCCCCCC)COC(OCC[N+](C)(C)C)C(=O)[O-]. The van der Waals surface area contributed by atoms with E-state index in [-0.39, 0.29) is 32.2 Å². The van der Waals surface area contributed by atoms with E-state index in [4.69, 9.17) is 18.9 Å². The van der Waals surface area contributed by atoms with E-state index in [9.17, 15) is 19.5 Å². The molecule has 314 valence electrons. The van der Waals surface area contributed by atoms with E-state index in [1.807, 2.05) is 21.1 Å². The Morgan fingerprint density at radius 3 is 1.21 bits per heavy atom. The normalized spacial score (nSPS) is 12.8. The molecule has 53 heavy (non-hydrogen) atoms. The number of carbonyl (C=O) groups excluding carboxylic acids is 3. The molecule has 0 bridgehead atoms. The maximum absolute atomic E-state index is 12.7. The van der Waals surface area contributed by atoms with Crippen LogP contribution in [0, 0.1) is 0 Å². The molecular formula is C44H85NO8. The third-order valence-corrected chi connectivity index (χ3v) is 9.85. The smallest absolute Gasteiger partial charge is 0.306 e. The lowest BCUT2D eigenvalue weighted by molar-refractivity contribution is -0.870. The van der Waals surface area contributed by atoms with E-state index in [2.05, 4.69) is 13.8 Å². The van der Waals surface area contributed by atoms with Gasteiger partial charge in [0.05, 0.1) is 40.3 Å². The van der Waals surface area contributed by atoms with E-state index < -0.39 is 24.3 Å². The first-order valence-electron chi connectivity index (χ1n) is 22.2. The minimum Gasteiger partial charge on any atom is -0.545 e. The first-order chi connectivity index (χ1) is 25.6. The summed E-state index contributed by atoms with van der Waals surface area (Å²) in [6.07, 6.45) is 32.6. The summed E-state index contributed by atoms with van der Waals surface area (Å²) in [5, 5.41) is 11.7. The average molecular weight is 756 g/mol. The Bertz CT molecular complexity index is 846. The molecule has 0 aromatic carbocycles. The molecule has 0 aliphatic carbocycles. The van der Waals surface area contributed by atoms with Gasteiger partial charge in [-0.05, 0) is 12.8 Å². The summed E-state index contributed by atoms with van der Waals surface area (Å²) in [5.74, 6) is -2.27. The zero-order chi connectivity index (χ0) is 39.3. The summed E-state index contributed by atoms with van der Waals surface area (Å²) in [6.45, 7) is 4.76. The molecule has 9 nitrogen and oxygen atoms in total. The highest BCUT2D eigenvalue weighted by molar-refractivity contribution is 5.70. The molecule has 0 rings (SSSR count). The van der Waals surface area contributed by atoms with Crippen molar-refractivity contribution in [1.82, 2.24) is 0 Å². The highest BCUT2D eigenvalue weighted by atomic mass is 16.7. The van der Waals surface area contributed by atoms with Crippen LogP contribution in [0.3, 0.4) is 0 Å². The monoisotopic (exact) mass is 756 g/mol. The molecule has 0 aliphatic heterocycles. The molecule has 0 aliphatic rings. The van der Waals surface area contributed by atoms with Gasteiger partial charge in [-0.2, -0.15) is 0 Å². The van der Waals surface area contributed by atoms with Crippen LogP contribution in [-0.2, 0) is 33.3 Å². The van der Waals surface area contributed by atoms with Crippen LogP contribution in [0.25, 0.3) is 0 Å². The largest absolute Gasteiger partial charge is 0.545 e. The Morgan fingerprint density at radius 2 is 0.849 bits per heavy atom. The van der Waals surface area contributed by atoms with E-state index in [0.717, 1.165) is 38.5 Å². The van der Waals surface area contributed by atoms with Gasteiger partial charge in [-0.3, -0.25) is 9.59 Å². The van der Waals surface area contributed by atoms with Gasteiger partial charge in [-0.25, -0.2) is 0 Å². The number of nitrogens with zero attached hydrogens (tertiary/aromatic N) is 1. The summed E-state index contributed by atoms with van der Waals surface area (Å²) in [6, 6.07) is 0. The van der Waals surface area contributed by atoms with Crippen LogP contribution >= 0.6 is 0 Å². The van der Waals surface area contributed by atoms with Crippen molar-refractivity contribution < 1.29 is 42.9 Å². The third-order valence-electron chi connectivity index (χ3n) is 9.85. The lowest BCUT2D eigenvalue weighted by Gasteiger charge is -2.26. The number of rotatable bonds is 41. The number of likely N-dealkylation sites (N-methyl/N-ethyl adjacent to an activating group) is 1. The minimum atomic E-state index is -1.61. The van der Waals surface area contributed by atoms with Crippen LogP contribution in [0.5, 0.6) is 0 Å². The van der Waals surface area contributed by atoms with Crippen LogP contribution in [0.1, 0.15) is 206 Å². The Hall–Kier alpha value is -1.71. The summed E-state index contributed by atoms with van der Waals surface area (Å²) >= 11 is 0. The maximum atomic E-state index is 12.7. The van der Waals surface area contributed by atoms with Gasteiger partial charge in [0.2, 0.25) is 0 Å². The molecule has 0 N–H and O–H groups in total. The first-order valence-corrected chi connectivity index (χ1v) is 22.2. The quantitative estimate of drug-likeness (QED) is 0.0263. The number of carbonyl (C=O) groups is 3. The van der Waals surface area contributed by atoms with Crippen LogP contribution < -0.4 is 5.11 Å². The second kappa shape index (κ2) is 37.2. The molecule has 2 unspecified atom stereocenters. The number of quaternary nitrogens is 1. The minimum absolute atomic E-state index is 0.153. The summed E-state index contributed by atoms with van der Waals surface area (Å²) in [4.78, 5) is 36.9. The van der Waals surface area contributed by atoms with Gasteiger partial charge in [0.25, 0.3) is 0 Å². The molecule has 0 spiro atoms. The standard InChI is InChI=1S/C44H85NO8/c1-6-8-10-12-14-16-18-20-21-23-25-27-29-31-33-35-42(47)53-40(39-52-44(43(48)49)50-37-36-45(3,4)5)38-51-41(46)34-32-30-28-26-24-22-19-17-15-13-11-9-7-2/h40,44H,6-39H2,1-5H3. The van der Waals surface area contributed by atoms with Gasteiger partial charge >= 0.3 is 11.9 Å². The fourth-order valence-electron chi connectivity index (χ4n) is 6.36. The fraction of sp³-hybridized carbons (Fsp3) is 0.932. The van der Waals surface area contributed by atoms with Crippen molar-refractivity contribution in [2.75, 3.05) is 47.5 Å². The molecule has 9 heteroatoms. The van der Waals surface area contributed by atoms with E-state index in [1.54, 1.807) is 0 Å². The molecule has 0 saturated heterocycles. The van der Waals surface area contributed by atoms with Gasteiger partial charge in [-0.15, -0.1) is 0 Å². The highest BCUT2D eigenvalue weighted by Gasteiger charge is 2.21. The predicted molar refractivity (Wildman–Crippen MR) is 214 cm³/mol. The molecule has 0 radical (unpaired) electrons. The predicted octanol–water partition coefficient (Wildman–Crippen LogP) is 10.00. The number of aliphatic carboxylic acids is 1. The van der Waals surface area contributed by atoms with Gasteiger partial charge < -0.3 is 33.3 Å². The number of ether oxygens (including phenoxy) is 4. The van der Waals surface area contributed by atoms with Crippen molar-refractivity contribution in [3.63, 3.8) is 0 Å². The van der Waals surface area contributed by atoms with E-state index >= 15 is 0 Å².